The van der Waals surface area contributed by atoms with Crippen LogP contribution in [0.1, 0.15) is 127 Å². The lowest BCUT2D eigenvalue weighted by molar-refractivity contribution is 0.157. The second kappa shape index (κ2) is 14.4. The number of aromatic nitrogens is 3. The number of aryl methyl sites for hydroxylation is 2. The van der Waals surface area contributed by atoms with Crippen molar-refractivity contribution in [2.75, 3.05) is 0 Å². The van der Waals surface area contributed by atoms with Crippen molar-refractivity contribution in [2.45, 2.75) is 126 Å². The summed E-state index contributed by atoms with van der Waals surface area (Å²) in [5, 5.41) is 4.90. The molecule has 0 saturated carbocycles. The lowest BCUT2D eigenvalue weighted by Crippen LogP contribution is -2.52. The van der Waals surface area contributed by atoms with Gasteiger partial charge in [-0.1, -0.05) is 96.0 Å². The van der Waals surface area contributed by atoms with Crippen molar-refractivity contribution in [1.82, 2.24) is 19.0 Å². The number of rotatable bonds is 5. The summed E-state index contributed by atoms with van der Waals surface area (Å²) in [5.41, 5.74) is 20.9. The Hall–Kier alpha value is -6.20. The summed E-state index contributed by atoms with van der Waals surface area (Å²) in [5.74, 6) is 2.09. The van der Waals surface area contributed by atoms with E-state index in [1.54, 1.807) is 0 Å². The van der Waals surface area contributed by atoms with Gasteiger partial charge in [-0.15, -0.1) is 0 Å². The molecule has 11 rings (SSSR count). The van der Waals surface area contributed by atoms with Crippen LogP contribution in [0, 0.1) is 32.6 Å². The maximum atomic E-state index is 6.04. The van der Waals surface area contributed by atoms with Gasteiger partial charge in [-0.25, -0.2) is 4.98 Å². The predicted molar refractivity (Wildman–Crippen MR) is 279 cm³/mol. The van der Waals surface area contributed by atoms with Crippen molar-refractivity contribution in [3.8, 4) is 11.4 Å². The summed E-state index contributed by atoms with van der Waals surface area (Å²) in [6, 6.07) is 37.3. The Labute approximate surface area is 391 Å². The van der Waals surface area contributed by atoms with Gasteiger partial charge in [0, 0.05) is 62.7 Å². The van der Waals surface area contributed by atoms with Gasteiger partial charge >= 0.3 is 0 Å². The van der Waals surface area contributed by atoms with Gasteiger partial charge in [0.1, 0.15) is 11.5 Å². The van der Waals surface area contributed by atoms with Crippen LogP contribution < -0.4 is 0 Å². The van der Waals surface area contributed by atoms with Gasteiger partial charge in [-0.2, -0.15) is 0 Å². The topological polar surface area (TPSA) is 38.4 Å². The van der Waals surface area contributed by atoms with Crippen molar-refractivity contribution in [3.63, 3.8) is 0 Å². The first-order valence-electron chi connectivity index (χ1n) is 24.3. The minimum atomic E-state index is -0.379. The average molecular weight is 868 g/mol. The molecule has 3 aliphatic rings. The van der Waals surface area contributed by atoms with Crippen LogP contribution in [-0.4, -0.2) is 30.4 Å². The van der Waals surface area contributed by atoms with Crippen LogP contribution in [0.15, 0.2) is 131 Å². The quantitative estimate of drug-likeness (QED) is 0.173. The van der Waals surface area contributed by atoms with Gasteiger partial charge in [-0.3, -0.25) is 9.56 Å². The molecular weight excluding hydrogens is 803 g/mol. The van der Waals surface area contributed by atoms with Crippen LogP contribution in [0.25, 0.3) is 55.1 Å². The molecule has 1 aliphatic heterocycles. The highest BCUT2D eigenvalue weighted by atomic mass is 15.4. The Bertz CT molecular complexity index is 3490. The molecule has 0 unspecified atom stereocenters. The Morgan fingerprint density at radius 1 is 0.712 bits per heavy atom. The van der Waals surface area contributed by atoms with Crippen LogP contribution in [-0.2, 0) is 17.4 Å². The zero-order valence-electron chi connectivity index (χ0n) is 41.6. The highest BCUT2D eigenvalue weighted by molar-refractivity contribution is 6.12. The van der Waals surface area contributed by atoms with Gasteiger partial charge in [0.15, 0.2) is 0 Å². The number of nitrogens with zero attached hydrogens (tertiary/aromatic N) is 5. The third-order valence-electron chi connectivity index (χ3n) is 16.6. The molecule has 0 amide bonds. The fourth-order valence-electron chi connectivity index (χ4n) is 12.1. The number of benzene rings is 5. The molecule has 4 atom stereocenters. The Morgan fingerprint density at radius 2 is 1.45 bits per heavy atom. The summed E-state index contributed by atoms with van der Waals surface area (Å²) < 4.78 is 4.89. The molecule has 5 heteroatoms. The zero-order valence-corrected chi connectivity index (χ0v) is 41.6. The number of amidine groups is 1. The van der Waals surface area contributed by atoms with Crippen LogP contribution in [0.2, 0.25) is 0 Å². The van der Waals surface area contributed by atoms with Gasteiger partial charge in [0.05, 0.1) is 27.6 Å². The second-order valence-corrected chi connectivity index (χ2v) is 22.1. The smallest absolute Gasteiger partial charge is 0.145 e. The van der Waals surface area contributed by atoms with E-state index in [4.69, 9.17) is 9.98 Å². The fourth-order valence-corrected chi connectivity index (χ4v) is 12.1. The molecule has 0 fully saturated rings. The summed E-state index contributed by atoms with van der Waals surface area (Å²) in [4.78, 5) is 13.8. The van der Waals surface area contributed by atoms with Gasteiger partial charge in [0.25, 0.3) is 0 Å². The van der Waals surface area contributed by atoms with Gasteiger partial charge in [0.2, 0.25) is 0 Å². The van der Waals surface area contributed by atoms with E-state index in [0.717, 1.165) is 29.3 Å². The van der Waals surface area contributed by atoms with Crippen LogP contribution in [0.4, 0.5) is 0 Å². The van der Waals surface area contributed by atoms with E-state index in [2.05, 4.69) is 214 Å². The fraction of sp³-hybridized carbons (Fsp3) is 0.344. The Balaban J connectivity index is 1.17. The SMILES string of the molecule is CC1=C[C@H](C)[C@H](C)C(N2C(c3cc(C(C)C)cc(-n4c5ccc(C)cc5c5ccc(-n6c7ccc(C(C)(C)C)cc7c7cccnc76)cc54)c3)=N[C@]3(C)Cc4c(ccc(C)c4C)[C@]23C)=C1C. The number of aliphatic imine (C=N–C) groups is 1. The minimum Gasteiger partial charge on any atom is -0.317 e. The predicted octanol–water partition coefficient (Wildman–Crippen LogP) is 15.4. The van der Waals surface area contributed by atoms with Crippen LogP contribution >= 0.6 is 0 Å². The standard InChI is InChI=1S/C61H65N5/c1-34(2)42-28-43(57-63-60(13)33-51-39(7)36(4)18-22-52(51)61(60,14)66(57)56-40(8)37(5)27-38(6)41(56)9)30-46(29-42)64-53-23-17-35(3)26-49(53)47-21-20-45(32-55(47)64)65-54-24-19-44(59(10,11)12)31-50(54)48-16-15-25-62-58(48)65/h15-32,34,37,40H,33H2,1-14H3/t37-,40-,60+,61-/m0/s1. The number of fused-ring (bicyclic) bond motifs is 9. The third-order valence-corrected chi connectivity index (χ3v) is 16.6. The maximum Gasteiger partial charge on any atom is 0.145 e. The van der Waals surface area contributed by atoms with E-state index in [9.17, 15) is 0 Å². The Morgan fingerprint density at radius 3 is 2.21 bits per heavy atom. The Kier molecular flexibility index (Phi) is 9.26. The number of hydrogen-bond donors (Lipinski definition) is 0. The highest BCUT2D eigenvalue weighted by Gasteiger charge is 2.62. The van der Waals surface area contributed by atoms with E-state index < -0.39 is 0 Å². The van der Waals surface area contributed by atoms with Crippen molar-refractivity contribution < 1.29 is 0 Å². The van der Waals surface area contributed by atoms with E-state index in [1.807, 2.05) is 6.20 Å². The molecule has 66 heavy (non-hydrogen) atoms. The average Bonchev–Trinajstić information content (AvgIpc) is 3.93. The summed E-state index contributed by atoms with van der Waals surface area (Å²) in [7, 11) is 0. The molecule has 8 aromatic rings. The normalized spacial score (nSPS) is 22.1. The molecule has 3 aromatic heterocycles. The monoisotopic (exact) mass is 868 g/mol. The van der Waals surface area contributed by atoms with Gasteiger partial charge in [-0.05, 0) is 171 Å². The second-order valence-electron chi connectivity index (χ2n) is 22.1. The first-order valence-corrected chi connectivity index (χ1v) is 24.3. The molecule has 0 spiro atoms. The molecule has 0 radical (unpaired) electrons. The molecule has 0 bridgehead atoms. The molecule has 5 nitrogen and oxygen atoms in total. The highest BCUT2D eigenvalue weighted by Crippen LogP contribution is 2.59. The molecule has 334 valence electrons. The van der Waals surface area contributed by atoms with E-state index in [0.29, 0.717) is 17.8 Å². The third kappa shape index (κ3) is 5.90. The maximum absolute atomic E-state index is 6.04. The van der Waals surface area contributed by atoms with E-state index in [-0.39, 0.29) is 16.5 Å². The molecule has 2 aliphatic carbocycles. The van der Waals surface area contributed by atoms with Gasteiger partial charge < -0.3 is 9.47 Å². The number of allylic oxidation sites excluding steroid dienone is 4. The van der Waals surface area contributed by atoms with Crippen molar-refractivity contribution in [2.24, 2.45) is 16.8 Å². The van der Waals surface area contributed by atoms with Crippen LogP contribution in [0.5, 0.6) is 0 Å². The summed E-state index contributed by atoms with van der Waals surface area (Å²) in [6.45, 7) is 32.7. The summed E-state index contributed by atoms with van der Waals surface area (Å²) >= 11 is 0. The first-order chi connectivity index (χ1) is 31.3. The van der Waals surface area contributed by atoms with Crippen molar-refractivity contribution in [3.05, 3.63) is 171 Å². The lowest BCUT2D eigenvalue weighted by atomic mass is 9.75. The largest absolute Gasteiger partial charge is 0.317 e. The van der Waals surface area contributed by atoms with Crippen molar-refractivity contribution in [1.29, 1.82) is 0 Å². The molecule has 4 heterocycles. The first kappa shape index (κ1) is 42.4. The molecular formula is C61H65N5. The van der Waals surface area contributed by atoms with Crippen molar-refractivity contribution >= 4 is 49.6 Å². The molecule has 5 aromatic carbocycles. The molecule has 0 N–H and O–H groups in total. The minimum absolute atomic E-state index is 0.0307. The zero-order chi connectivity index (χ0) is 46.5. The summed E-state index contributed by atoms with van der Waals surface area (Å²) in [6.07, 6.45) is 5.31. The van der Waals surface area contributed by atoms with E-state index in [1.165, 1.54) is 99.4 Å². The lowest BCUT2D eigenvalue weighted by Gasteiger charge is -2.47. The van der Waals surface area contributed by atoms with E-state index >= 15 is 0 Å². The van der Waals surface area contributed by atoms with Crippen LogP contribution in [0.3, 0.4) is 0 Å². The number of pyridine rings is 1. The molecule has 0 saturated heterocycles. The number of hydrogen-bond acceptors (Lipinski definition) is 3.